The maximum atomic E-state index is 13.0. The molecule has 6 rings (SSSR count). The summed E-state index contributed by atoms with van der Waals surface area (Å²) in [5.74, 6) is 0. The number of amides is 2. The molecule has 0 atom stereocenters. The predicted octanol–water partition coefficient (Wildman–Crippen LogP) is 4.98. The van der Waals surface area contributed by atoms with E-state index in [0.717, 1.165) is 45.4 Å². The summed E-state index contributed by atoms with van der Waals surface area (Å²) in [4.78, 5) is 29.1. The lowest BCUT2D eigenvalue weighted by atomic mass is 9.56. The number of carbonyl (C=O) groups is 1. The van der Waals surface area contributed by atoms with Crippen LogP contribution in [-0.2, 0) is 0 Å². The average molecular weight is 497 g/mol. The summed E-state index contributed by atoms with van der Waals surface area (Å²) in [6.07, 6.45) is 3.02. The van der Waals surface area contributed by atoms with Gasteiger partial charge in [-0.05, 0) is 56.5 Å². The van der Waals surface area contributed by atoms with Gasteiger partial charge in [0.25, 0.3) is 0 Å². The Morgan fingerprint density at radius 3 is 2.72 bits per heavy atom. The fourth-order valence-corrected chi connectivity index (χ4v) is 6.67. The zero-order valence-corrected chi connectivity index (χ0v) is 20.8. The second-order valence-electron chi connectivity index (χ2n) is 10.2. The van der Waals surface area contributed by atoms with Crippen LogP contribution in [0, 0.1) is 23.7 Å². The minimum absolute atomic E-state index is 0.0583. The number of anilines is 1. The maximum Gasteiger partial charge on any atom is 0.323 e. The van der Waals surface area contributed by atoms with E-state index >= 15 is 0 Å². The molecule has 0 radical (unpaired) electrons. The van der Waals surface area contributed by atoms with Crippen molar-refractivity contribution in [2.24, 2.45) is 5.41 Å². The van der Waals surface area contributed by atoms with Gasteiger partial charge in [-0.1, -0.05) is 29.5 Å². The first-order valence-corrected chi connectivity index (χ1v) is 12.6. The van der Waals surface area contributed by atoms with Crippen molar-refractivity contribution >= 4 is 33.4 Å². The van der Waals surface area contributed by atoms with Gasteiger partial charge < -0.3 is 10.0 Å². The zero-order chi connectivity index (χ0) is 25.1. The van der Waals surface area contributed by atoms with Crippen LogP contribution in [0.5, 0.6) is 0 Å². The topological polar surface area (TPSA) is 115 Å². The molecule has 2 aromatic heterocycles. The number of aromatic nitrogens is 3. The molecule has 8 nitrogen and oxygen atoms in total. The molecule has 1 saturated heterocycles. The Bertz CT molecular complexity index is 1550. The summed E-state index contributed by atoms with van der Waals surface area (Å²) in [6, 6.07) is 15.3. The lowest BCUT2D eigenvalue weighted by Gasteiger charge is -2.61. The largest absolute Gasteiger partial charge is 0.390 e. The Morgan fingerprint density at radius 1 is 1.17 bits per heavy atom. The first-order chi connectivity index (χ1) is 17.2. The molecule has 180 valence electrons. The van der Waals surface area contributed by atoms with Crippen LogP contribution >= 0.6 is 11.3 Å². The normalized spacial score (nSPS) is 17.3. The molecule has 2 aliphatic rings. The summed E-state index contributed by atoms with van der Waals surface area (Å²) in [7, 11) is 0. The SMILES string of the molecule is Cc1ncnc2ccc(-c3sc(NC(=O)N4CC5(C4)CC(C)(O)C5)nc3-c3cccc(C#N)c3)cc12. The van der Waals surface area contributed by atoms with Gasteiger partial charge in [-0.15, -0.1) is 0 Å². The van der Waals surface area contributed by atoms with E-state index in [0.29, 0.717) is 29.5 Å². The van der Waals surface area contributed by atoms with Crippen LogP contribution in [0.25, 0.3) is 32.6 Å². The smallest absolute Gasteiger partial charge is 0.323 e. The quantitative estimate of drug-likeness (QED) is 0.413. The van der Waals surface area contributed by atoms with Crippen LogP contribution in [0.15, 0.2) is 48.8 Å². The number of nitriles is 1. The first-order valence-electron chi connectivity index (χ1n) is 11.8. The Balaban J connectivity index is 1.33. The van der Waals surface area contributed by atoms with Gasteiger partial charge >= 0.3 is 6.03 Å². The van der Waals surface area contributed by atoms with Gasteiger partial charge in [0.1, 0.15) is 6.33 Å². The summed E-state index contributed by atoms with van der Waals surface area (Å²) in [6.45, 7) is 5.09. The Kier molecular flexibility index (Phi) is 5.07. The van der Waals surface area contributed by atoms with Crippen LogP contribution in [0.4, 0.5) is 9.93 Å². The number of carbonyl (C=O) groups excluding carboxylic acids is 1. The van der Waals surface area contributed by atoms with E-state index in [1.165, 1.54) is 11.3 Å². The van der Waals surface area contributed by atoms with Crippen molar-refractivity contribution in [1.29, 1.82) is 5.26 Å². The molecule has 1 aliphatic carbocycles. The molecule has 2 N–H and O–H groups in total. The van der Waals surface area contributed by atoms with Crippen molar-refractivity contribution in [3.05, 3.63) is 60.0 Å². The Labute approximate surface area is 212 Å². The molecule has 3 heterocycles. The number of benzene rings is 2. The number of fused-ring (bicyclic) bond motifs is 1. The van der Waals surface area contributed by atoms with Gasteiger partial charge in [0.05, 0.1) is 33.3 Å². The highest BCUT2D eigenvalue weighted by Crippen LogP contribution is 2.54. The van der Waals surface area contributed by atoms with E-state index in [-0.39, 0.29) is 11.4 Å². The molecule has 0 unspecified atom stereocenters. The molecule has 1 saturated carbocycles. The van der Waals surface area contributed by atoms with Gasteiger partial charge in [0.15, 0.2) is 5.13 Å². The van der Waals surface area contributed by atoms with Crippen molar-refractivity contribution in [2.45, 2.75) is 32.3 Å². The van der Waals surface area contributed by atoms with Gasteiger partial charge in [-0.3, -0.25) is 5.32 Å². The van der Waals surface area contributed by atoms with Crippen LogP contribution in [0.3, 0.4) is 0 Å². The molecule has 4 aromatic rings. The summed E-state index contributed by atoms with van der Waals surface area (Å²) >= 11 is 1.40. The lowest BCUT2D eigenvalue weighted by Crippen LogP contribution is -2.68. The van der Waals surface area contributed by atoms with E-state index in [2.05, 4.69) is 21.4 Å². The minimum atomic E-state index is -0.608. The fourth-order valence-electron chi connectivity index (χ4n) is 5.69. The second-order valence-corrected chi connectivity index (χ2v) is 11.2. The zero-order valence-electron chi connectivity index (χ0n) is 19.9. The summed E-state index contributed by atoms with van der Waals surface area (Å²) in [5.41, 5.74) is 4.19. The number of thiazole rings is 1. The van der Waals surface area contributed by atoms with Crippen molar-refractivity contribution < 1.29 is 9.90 Å². The second kappa shape index (κ2) is 8.08. The molecular weight excluding hydrogens is 472 g/mol. The predicted molar refractivity (Wildman–Crippen MR) is 138 cm³/mol. The third-order valence-electron chi connectivity index (χ3n) is 7.05. The summed E-state index contributed by atoms with van der Waals surface area (Å²) in [5, 5.41) is 23.9. The van der Waals surface area contributed by atoms with Crippen LogP contribution in [0.1, 0.15) is 31.0 Å². The molecule has 9 heteroatoms. The number of aliphatic hydroxyl groups is 1. The van der Waals surface area contributed by atoms with Crippen LogP contribution in [-0.4, -0.2) is 49.7 Å². The standard InChI is InChI=1S/C27H24N6O2S/c1-16-20-9-19(6-7-21(20)30-15-29-16)23-22(18-5-3-4-17(8-18)10-28)31-24(36-23)32-25(34)33-13-27(14-33)11-26(2,35)12-27/h3-9,15,35H,11-14H2,1-2H3,(H,31,32,34). The number of rotatable bonds is 3. The highest BCUT2D eigenvalue weighted by atomic mass is 32.1. The third-order valence-corrected chi connectivity index (χ3v) is 8.07. The van der Waals surface area contributed by atoms with E-state index in [1.807, 2.05) is 44.2 Å². The Hall–Kier alpha value is -3.87. The Morgan fingerprint density at radius 2 is 1.97 bits per heavy atom. The first kappa shape index (κ1) is 22.6. The van der Waals surface area contributed by atoms with Gasteiger partial charge in [-0.2, -0.15) is 5.26 Å². The number of urea groups is 1. The van der Waals surface area contributed by atoms with Crippen molar-refractivity contribution in [1.82, 2.24) is 19.9 Å². The van der Waals surface area contributed by atoms with Gasteiger partial charge in [-0.25, -0.2) is 19.7 Å². The van der Waals surface area contributed by atoms with E-state index in [9.17, 15) is 15.2 Å². The number of nitrogens with zero attached hydrogens (tertiary/aromatic N) is 5. The molecule has 1 spiro atoms. The molecule has 1 aliphatic heterocycles. The van der Waals surface area contributed by atoms with Crippen molar-refractivity contribution in [2.75, 3.05) is 18.4 Å². The number of aryl methyl sites for hydroxylation is 1. The molecule has 2 aromatic carbocycles. The fraction of sp³-hybridized carbons (Fsp3) is 0.296. The molecular formula is C27H24N6O2S. The van der Waals surface area contributed by atoms with E-state index in [1.54, 1.807) is 23.4 Å². The summed E-state index contributed by atoms with van der Waals surface area (Å²) < 4.78 is 0. The number of likely N-dealkylation sites (tertiary alicyclic amines) is 1. The van der Waals surface area contributed by atoms with Gasteiger partial charge in [0.2, 0.25) is 0 Å². The third kappa shape index (κ3) is 3.88. The highest BCUT2D eigenvalue weighted by molar-refractivity contribution is 7.19. The van der Waals surface area contributed by atoms with E-state index in [4.69, 9.17) is 4.98 Å². The molecule has 36 heavy (non-hydrogen) atoms. The van der Waals surface area contributed by atoms with E-state index < -0.39 is 5.60 Å². The highest BCUT2D eigenvalue weighted by Gasteiger charge is 2.58. The monoisotopic (exact) mass is 496 g/mol. The number of hydrogen-bond acceptors (Lipinski definition) is 7. The lowest BCUT2D eigenvalue weighted by molar-refractivity contribution is -0.167. The molecule has 2 fully saturated rings. The molecule has 2 amide bonds. The average Bonchev–Trinajstić information content (AvgIpc) is 3.24. The van der Waals surface area contributed by atoms with Gasteiger partial charge in [0, 0.05) is 35.1 Å². The van der Waals surface area contributed by atoms with Crippen LogP contribution in [0.2, 0.25) is 0 Å². The minimum Gasteiger partial charge on any atom is -0.390 e. The van der Waals surface area contributed by atoms with Crippen molar-refractivity contribution in [3.63, 3.8) is 0 Å². The van der Waals surface area contributed by atoms with Crippen LogP contribution < -0.4 is 5.32 Å². The number of nitrogens with one attached hydrogen (secondary N) is 1. The van der Waals surface area contributed by atoms with Crippen molar-refractivity contribution in [3.8, 4) is 27.8 Å². The molecule has 0 bridgehead atoms. The number of hydrogen-bond donors (Lipinski definition) is 2. The maximum absolute atomic E-state index is 13.0.